The normalized spacial score (nSPS) is 14.7. The van der Waals surface area contributed by atoms with Crippen molar-refractivity contribution >= 4 is 23.4 Å². The fraction of sp³-hybridized carbons (Fsp3) is 0.300. The molecule has 1 aliphatic rings. The van der Waals surface area contributed by atoms with E-state index in [2.05, 4.69) is 4.90 Å². The highest BCUT2D eigenvalue weighted by Crippen LogP contribution is 2.23. The first kappa shape index (κ1) is 20.1. The molecule has 1 aliphatic heterocycles. The van der Waals surface area contributed by atoms with Gasteiger partial charge in [-0.2, -0.15) is 0 Å². The van der Waals surface area contributed by atoms with Gasteiger partial charge in [0.25, 0.3) is 11.8 Å². The Morgan fingerprint density at radius 1 is 1.07 bits per heavy atom. The van der Waals surface area contributed by atoms with E-state index < -0.39 is 5.91 Å². The molecular formula is C20H21ClFN3O3. The van der Waals surface area contributed by atoms with Gasteiger partial charge in [0.05, 0.1) is 5.56 Å². The molecule has 148 valence electrons. The summed E-state index contributed by atoms with van der Waals surface area (Å²) >= 11 is 6.10. The molecule has 0 unspecified atom stereocenters. The highest BCUT2D eigenvalue weighted by Gasteiger charge is 2.25. The number of piperazine rings is 1. The predicted molar refractivity (Wildman–Crippen MR) is 104 cm³/mol. The van der Waals surface area contributed by atoms with Crippen molar-refractivity contribution in [3.05, 3.63) is 64.4 Å². The van der Waals surface area contributed by atoms with Crippen molar-refractivity contribution in [3.8, 4) is 5.75 Å². The van der Waals surface area contributed by atoms with Gasteiger partial charge in [-0.3, -0.25) is 14.5 Å². The van der Waals surface area contributed by atoms with E-state index in [0.29, 0.717) is 54.6 Å². The molecule has 0 radical (unpaired) electrons. The number of halogens is 2. The fourth-order valence-corrected chi connectivity index (χ4v) is 3.33. The van der Waals surface area contributed by atoms with Crippen LogP contribution >= 0.6 is 11.6 Å². The Morgan fingerprint density at radius 2 is 1.79 bits per heavy atom. The smallest absolute Gasteiger partial charge is 0.257 e. The lowest BCUT2D eigenvalue weighted by Gasteiger charge is -2.35. The minimum atomic E-state index is -0.609. The molecule has 28 heavy (non-hydrogen) atoms. The minimum absolute atomic E-state index is 0.177. The predicted octanol–water partition coefficient (Wildman–Crippen LogP) is 2.30. The van der Waals surface area contributed by atoms with E-state index >= 15 is 0 Å². The second kappa shape index (κ2) is 9.03. The average molecular weight is 406 g/mol. The number of para-hydroxylation sites is 1. The number of hydrogen-bond donors (Lipinski definition) is 1. The molecule has 1 saturated heterocycles. The van der Waals surface area contributed by atoms with Crippen molar-refractivity contribution in [2.24, 2.45) is 5.73 Å². The Bertz CT molecular complexity index is 849. The molecule has 0 aliphatic carbocycles. The number of carbonyl (C=O) groups is 2. The summed E-state index contributed by atoms with van der Waals surface area (Å²) < 4.78 is 19.3. The SMILES string of the molecule is NC(=O)COc1ccccc1C(=O)N1CCN(Cc2c(F)cccc2Cl)CC1. The molecule has 0 saturated carbocycles. The van der Waals surface area contributed by atoms with E-state index in [0.717, 1.165) is 0 Å². The van der Waals surface area contributed by atoms with Crippen LogP contribution in [0.4, 0.5) is 4.39 Å². The lowest BCUT2D eigenvalue weighted by atomic mass is 10.1. The number of hydrogen-bond acceptors (Lipinski definition) is 4. The van der Waals surface area contributed by atoms with Crippen LogP contribution in [0.15, 0.2) is 42.5 Å². The van der Waals surface area contributed by atoms with Gasteiger partial charge in [-0.25, -0.2) is 4.39 Å². The molecule has 1 heterocycles. The van der Waals surface area contributed by atoms with Crippen LogP contribution in [-0.2, 0) is 11.3 Å². The Kier molecular flexibility index (Phi) is 6.49. The monoisotopic (exact) mass is 405 g/mol. The zero-order chi connectivity index (χ0) is 20.1. The van der Waals surface area contributed by atoms with Crippen LogP contribution < -0.4 is 10.5 Å². The Labute approximate surface area is 167 Å². The third-order valence-electron chi connectivity index (χ3n) is 4.59. The van der Waals surface area contributed by atoms with Crippen LogP contribution in [0.2, 0.25) is 5.02 Å². The fourth-order valence-electron chi connectivity index (χ4n) is 3.10. The second-order valence-electron chi connectivity index (χ2n) is 6.52. The van der Waals surface area contributed by atoms with Crippen molar-refractivity contribution in [2.45, 2.75) is 6.54 Å². The maximum atomic E-state index is 14.0. The Balaban J connectivity index is 1.62. The van der Waals surface area contributed by atoms with Crippen molar-refractivity contribution < 1.29 is 18.7 Å². The van der Waals surface area contributed by atoms with Gasteiger partial charge in [-0.05, 0) is 24.3 Å². The quantitative estimate of drug-likeness (QED) is 0.800. The molecule has 0 aromatic heterocycles. The van der Waals surface area contributed by atoms with Crippen LogP contribution in [0, 0.1) is 5.82 Å². The lowest BCUT2D eigenvalue weighted by molar-refractivity contribution is -0.119. The third-order valence-corrected chi connectivity index (χ3v) is 4.94. The summed E-state index contributed by atoms with van der Waals surface area (Å²) in [5.74, 6) is -0.787. The van der Waals surface area contributed by atoms with E-state index in [1.165, 1.54) is 6.07 Å². The van der Waals surface area contributed by atoms with E-state index in [9.17, 15) is 14.0 Å². The summed E-state index contributed by atoms with van der Waals surface area (Å²) in [5, 5.41) is 0.402. The molecule has 2 N–H and O–H groups in total. The van der Waals surface area contributed by atoms with E-state index in [4.69, 9.17) is 22.1 Å². The van der Waals surface area contributed by atoms with Gasteiger partial charge in [0.15, 0.2) is 6.61 Å². The second-order valence-corrected chi connectivity index (χ2v) is 6.93. The van der Waals surface area contributed by atoms with Gasteiger partial charge in [0.1, 0.15) is 11.6 Å². The maximum absolute atomic E-state index is 14.0. The Morgan fingerprint density at radius 3 is 2.46 bits per heavy atom. The van der Waals surface area contributed by atoms with Gasteiger partial charge in [0.2, 0.25) is 0 Å². The molecule has 3 rings (SSSR count). The van der Waals surface area contributed by atoms with E-state index in [-0.39, 0.29) is 18.3 Å². The zero-order valence-electron chi connectivity index (χ0n) is 15.2. The van der Waals surface area contributed by atoms with Gasteiger partial charge >= 0.3 is 0 Å². The first-order valence-corrected chi connectivity index (χ1v) is 9.28. The number of rotatable bonds is 6. The summed E-state index contributed by atoms with van der Waals surface area (Å²) in [6.07, 6.45) is 0. The molecule has 2 aromatic carbocycles. The summed E-state index contributed by atoms with van der Waals surface area (Å²) in [6.45, 7) is 2.29. The van der Waals surface area contributed by atoms with Gasteiger partial charge in [0, 0.05) is 43.3 Å². The molecule has 0 spiro atoms. The highest BCUT2D eigenvalue weighted by atomic mass is 35.5. The number of amides is 2. The maximum Gasteiger partial charge on any atom is 0.257 e. The lowest BCUT2D eigenvalue weighted by Crippen LogP contribution is -2.48. The van der Waals surface area contributed by atoms with Crippen LogP contribution in [0.1, 0.15) is 15.9 Å². The van der Waals surface area contributed by atoms with Gasteiger partial charge in [-0.1, -0.05) is 29.8 Å². The molecule has 2 amide bonds. The molecule has 0 bridgehead atoms. The van der Waals surface area contributed by atoms with Crippen molar-refractivity contribution in [1.82, 2.24) is 9.80 Å². The minimum Gasteiger partial charge on any atom is -0.483 e. The van der Waals surface area contributed by atoms with Crippen molar-refractivity contribution in [1.29, 1.82) is 0 Å². The summed E-state index contributed by atoms with van der Waals surface area (Å²) in [4.78, 5) is 27.6. The number of carbonyl (C=O) groups excluding carboxylic acids is 2. The molecule has 1 fully saturated rings. The van der Waals surface area contributed by atoms with Crippen molar-refractivity contribution in [3.63, 3.8) is 0 Å². The standard InChI is InChI=1S/C20H21ClFN3O3/c21-16-5-3-6-17(22)15(16)12-24-8-10-25(11-9-24)20(27)14-4-1-2-7-18(14)28-13-19(23)26/h1-7H,8-13H2,(H2,23,26). The average Bonchev–Trinajstić information content (AvgIpc) is 2.69. The number of nitrogens with zero attached hydrogens (tertiary/aromatic N) is 2. The molecule has 2 aromatic rings. The number of ether oxygens (including phenoxy) is 1. The highest BCUT2D eigenvalue weighted by molar-refractivity contribution is 6.31. The number of benzene rings is 2. The third kappa shape index (κ3) is 4.79. The number of primary amides is 1. The summed E-state index contributed by atoms with van der Waals surface area (Å²) in [7, 11) is 0. The van der Waals surface area contributed by atoms with Crippen LogP contribution in [-0.4, -0.2) is 54.4 Å². The van der Waals surface area contributed by atoms with Crippen LogP contribution in [0.25, 0.3) is 0 Å². The molecule has 0 atom stereocenters. The first-order valence-electron chi connectivity index (χ1n) is 8.90. The van der Waals surface area contributed by atoms with Crippen molar-refractivity contribution in [2.75, 3.05) is 32.8 Å². The van der Waals surface area contributed by atoms with Crippen LogP contribution in [0.3, 0.4) is 0 Å². The number of nitrogens with two attached hydrogens (primary N) is 1. The van der Waals surface area contributed by atoms with Crippen LogP contribution in [0.5, 0.6) is 5.75 Å². The molecule has 6 nitrogen and oxygen atoms in total. The van der Waals surface area contributed by atoms with Gasteiger partial charge in [-0.15, -0.1) is 0 Å². The largest absolute Gasteiger partial charge is 0.483 e. The van der Waals surface area contributed by atoms with Gasteiger partial charge < -0.3 is 15.4 Å². The zero-order valence-corrected chi connectivity index (χ0v) is 16.0. The topological polar surface area (TPSA) is 75.9 Å². The summed E-state index contributed by atoms with van der Waals surface area (Å²) in [6, 6.07) is 11.4. The van der Waals surface area contributed by atoms with E-state index in [1.807, 2.05) is 0 Å². The Hall–Kier alpha value is -2.64. The molecule has 8 heteroatoms. The first-order chi connectivity index (χ1) is 13.5. The van der Waals surface area contributed by atoms with E-state index in [1.54, 1.807) is 41.3 Å². The molecular weight excluding hydrogens is 385 g/mol. The summed E-state index contributed by atoms with van der Waals surface area (Å²) in [5.41, 5.74) is 5.96.